The Morgan fingerprint density at radius 1 is 1.19 bits per heavy atom. The van der Waals surface area contributed by atoms with Gasteiger partial charge in [0.2, 0.25) is 0 Å². The summed E-state index contributed by atoms with van der Waals surface area (Å²) in [7, 11) is 1.67. The average molecular weight is 296 g/mol. The van der Waals surface area contributed by atoms with Crippen molar-refractivity contribution < 1.29 is 19.4 Å². The zero-order valence-electron chi connectivity index (χ0n) is 12.6. The number of carboxylic acids is 1. The molecule has 0 radical (unpaired) electrons. The van der Waals surface area contributed by atoms with Gasteiger partial charge in [0, 0.05) is 33.3 Å². The number of carboxylic acid groups (broad SMARTS) is 1. The molecule has 0 aromatic rings. The van der Waals surface area contributed by atoms with Crippen LogP contribution >= 0.6 is 0 Å². The van der Waals surface area contributed by atoms with Gasteiger partial charge in [0.1, 0.15) is 0 Å². The van der Waals surface area contributed by atoms with Crippen molar-refractivity contribution in [1.29, 1.82) is 0 Å². The number of ether oxygens (including phenoxy) is 1. The molecule has 3 aliphatic rings. The van der Waals surface area contributed by atoms with Gasteiger partial charge < -0.3 is 19.6 Å². The molecule has 0 spiro atoms. The van der Waals surface area contributed by atoms with Crippen molar-refractivity contribution >= 4 is 12.0 Å². The third kappa shape index (κ3) is 2.39. The van der Waals surface area contributed by atoms with Gasteiger partial charge in [-0.3, -0.25) is 4.79 Å². The van der Waals surface area contributed by atoms with Crippen LogP contribution in [0.5, 0.6) is 0 Å². The largest absolute Gasteiger partial charge is 0.481 e. The van der Waals surface area contributed by atoms with Crippen LogP contribution in [-0.2, 0) is 9.53 Å². The molecule has 3 fully saturated rings. The van der Waals surface area contributed by atoms with Crippen LogP contribution in [0, 0.1) is 11.3 Å². The highest BCUT2D eigenvalue weighted by molar-refractivity contribution is 5.80. The van der Waals surface area contributed by atoms with Gasteiger partial charge in [0.05, 0.1) is 11.5 Å². The van der Waals surface area contributed by atoms with Gasteiger partial charge in [-0.2, -0.15) is 0 Å². The molecule has 118 valence electrons. The molecule has 1 N–H and O–H groups in total. The third-order valence-electron chi connectivity index (χ3n) is 5.57. The lowest BCUT2D eigenvalue weighted by Crippen LogP contribution is -2.44. The van der Waals surface area contributed by atoms with E-state index >= 15 is 0 Å². The number of methoxy groups -OCH3 is 1. The number of fused-ring (bicyclic) bond motifs is 1. The quantitative estimate of drug-likeness (QED) is 0.836. The number of rotatable bonds is 2. The maximum Gasteiger partial charge on any atom is 0.320 e. The number of urea groups is 1. The summed E-state index contributed by atoms with van der Waals surface area (Å²) in [5.41, 5.74) is -0.700. The van der Waals surface area contributed by atoms with Crippen LogP contribution in [0.2, 0.25) is 0 Å². The highest BCUT2D eigenvalue weighted by Crippen LogP contribution is 2.47. The van der Waals surface area contributed by atoms with E-state index in [0.29, 0.717) is 32.6 Å². The Kier molecular flexibility index (Phi) is 3.82. The fourth-order valence-corrected chi connectivity index (χ4v) is 4.25. The lowest BCUT2D eigenvalue weighted by molar-refractivity contribution is -0.152. The molecule has 2 heterocycles. The number of likely N-dealkylation sites (tertiary alicyclic amines) is 2. The summed E-state index contributed by atoms with van der Waals surface area (Å²) in [6.07, 6.45) is 4.65. The lowest BCUT2D eigenvalue weighted by Gasteiger charge is -2.34. The molecular weight excluding hydrogens is 272 g/mol. The van der Waals surface area contributed by atoms with Crippen molar-refractivity contribution in [2.45, 2.75) is 38.2 Å². The predicted molar refractivity (Wildman–Crippen MR) is 76.0 cm³/mol. The van der Waals surface area contributed by atoms with Gasteiger partial charge in [-0.1, -0.05) is 12.8 Å². The summed E-state index contributed by atoms with van der Waals surface area (Å²) < 4.78 is 5.30. The topological polar surface area (TPSA) is 70.1 Å². The first kappa shape index (κ1) is 14.6. The van der Waals surface area contributed by atoms with Gasteiger partial charge in [-0.05, 0) is 25.2 Å². The number of hydrogen-bond donors (Lipinski definition) is 1. The number of amides is 2. The smallest absolute Gasteiger partial charge is 0.320 e. The third-order valence-corrected chi connectivity index (χ3v) is 5.57. The summed E-state index contributed by atoms with van der Waals surface area (Å²) in [5.74, 6) is -0.604. The van der Waals surface area contributed by atoms with Crippen LogP contribution in [0.1, 0.15) is 32.1 Å². The molecule has 3 atom stereocenters. The van der Waals surface area contributed by atoms with E-state index in [9.17, 15) is 14.7 Å². The minimum Gasteiger partial charge on any atom is -0.481 e. The summed E-state index contributed by atoms with van der Waals surface area (Å²) in [6, 6.07) is -0.00965. The van der Waals surface area contributed by atoms with Gasteiger partial charge in [0.25, 0.3) is 0 Å². The number of carbonyl (C=O) groups excluding carboxylic acids is 1. The number of carbonyl (C=O) groups is 2. The average Bonchev–Trinajstić information content (AvgIpc) is 3.11. The number of hydrogen-bond acceptors (Lipinski definition) is 3. The molecule has 1 saturated carbocycles. The van der Waals surface area contributed by atoms with Crippen LogP contribution in [-0.4, -0.2) is 66.3 Å². The van der Waals surface area contributed by atoms with Crippen molar-refractivity contribution in [2.24, 2.45) is 11.3 Å². The molecule has 0 aromatic carbocycles. The Labute approximate surface area is 125 Å². The summed E-state index contributed by atoms with van der Waals surface area (Å²) in [6.45, 7) is 2.30. The minimum absolute atomic E-state index is 0.00965. The molecule has 6 heteroatoms. The van der Waals surface area contributed by atoms with Crippen molar-refractivity contribution in [2.75, 3.05) is 33.3 Å². The Morgan fingerprint density at radius 2 is 2.00 bits per heavy atom. The second-order valence-corrected chi connectivity index (χ2v) is 6.66. The normalized spacial score (nSPS) is 35.9. The molecule has 0 bridgehead atoms. The number of aliphatic carboxylic acids is 1. The Hall–Kier alpha value is -1.30. The van der Waals surface area contributed by atoms with Crippen LogP contribution in [0.3, 0.4) is 0 Å². The SMILES string of the molecule is CO[C@H]1CCN(C(=O)N2C[C@@H]3CCCC[C@]3(C(=O)O)C2)C1. The summed E-state index contributed by atoms with van der Waals surface area (Å²) in [5, 5.41) is 9.67. The highest BCUT2D eigenvalue weighted by Gasteiger charge is 2.54. The second kappa shape index (κ2) is 5.48. The molecule has 6 nitrogen and oxygen atoms in total. The van der Waals surface area contributed by atoms with E-state index in [1.54, 1.807) is 16.9 Å². The van der Waals surface area contributed by atoms with Gasteiger partial charge in [-0.25, -0.2) is 4.79 Å². The maximum absolute atomic E-state index is 12.6. The van der Waals surface area contributed by atoms with Crippen LogP contribution < -0.4 is 0 Å². The second-order valence-electron chi connectivity index (χ2n) is 6.66. The molecular formula is C15H24N2O4. The van der Waals surface area contributed by atoms with E-state index in [-0.39, 0.29) is 18.1 Å². The fraction of sp³-hybridized carbons (Fsp3) is 0.867. The van der Waals surface area contributed by atoms with E-state index in [4.69, 9.17) is 4.74 Å². The zero-order valence-corrected chi connectivity index (χ0v) is 12.6. The molecule has 0 unspecified atom stereocenters. The predicted octanol–water partition coefficient (Wildman–Crippen LogP) is 1.40. The zero-order chi connectivity index (χ0) is 15.0. The van der Waals surface area contributed by atoms with Crippen LogP contribution in [0.15, 0.2) is 0 Å². The van der Waals surface area contributed by atoms with Gasteiger partial charge in [0.15, 0.2) is 0 Å². The van der Waals surface area contributed by atoms with Crippen molar-refractivity contribution in [3.63, 3.8) is 0 Å². The fourth-order valence-electron chi connectivity index (χ4n) is 4.25. The molecule has 2 amide bonds. The highest BCUT2D eigenvalue weighted by atomic mass is 16.5. The van der Waals surface area contributed by atoms with E-state index in [0.717, 1.165) is 25.7 Å². The molecule has 1 aliphatic carbocycles. The monoisotopic (exact) mass is 296 g/mol. The molecule has 0 aromatic heterocycles. The minimum atomic E-state index is -0.723. The van der Waals surface area contributed by atoms with E-state index in [2.05, 4.69) is 0 Å². The first-order valence-electron chi connectivity index (χ1n) is 7.87. The van der Waals surface area contributed by atoms with Crippen LogP contribution in [0.25, 0.3) is 0 Å². The number of nitrogens with zero attached hydrogens (tertiary/aromatic N) is 2. The van der Waals surface area contributed by atoms with E-state index in [1.807, 2.05) is 0 Å². The van der Waals surface area contributed by atoms with E-state index < -0.39 is 11.4 Å². The first-order valence-corrected chi connectivity index (χ1v) is 7.87. The lowest BCUT2D eigenvalue weighted by atomic mass is 9.68. The first-order chi connectivity index (χ1) is 10.1. The van der Waals surface area contributed by atoms with Gasteiger partial charge >= 0.3 is 12.0 Å². The molecule has 21 heavy (non-hydrogen) atoms. The molecule has 3 rings (SSSR count). The Bertz CT molecular complexity index is 441. The van der Waals surface area contributed by atoms with Crippen LogP contribution in [0.4, 0.5) is 4.79 Å². The van der Waals surface area contributed by atoms with E-state index in [1.165, 1.54) is 0 Å². The summed E-state index contributed by atoms with van der Waals surface area (Å²) in [4.78, 5) is 28.0. The Balaban J connectivity index is 1.70. The maximum atomic E-state index is 12.6. The standard InChI is InChI=1S/C15H24N2O4/c1-21-12-5-7-16(9-12)14(20)17-8-11-4-2-3-6-15(11,10-17)13(18)19/h11-12H,2-10H2,1H3,(H,18,19)/t11-,12-,15-/m0/s1. The van der Waals surface area contributed by atoms with Gasteiger partial charge in [-0.15, -0.1) is 0 Å². The summed E-state index contributed by atoms with van der Waals surface area (Å²) >= 11 is 0. The Morgan fingerprint density at radius 3 is 2.62 bits per heavy atom. The van der Waals surface area contributed by atoms with Crippen molar-refractivity contribution in [3.05, 3.63) is 0 Å². The molecule has 2 aliphatic heterocycles. The van der Waals surface area contributed by atoms with Crippen molar-refractivity contribution in [1.82, 2.24) is 9.80 Å². The van der Waals surface area contributed by atoms with Crippen molar-refractivity contribution in [3.8, 4) is 0 Å². The molecule has 2 saturated heterocycles.